The van der Waals surface area contributed by atoms with Crippen molar-refractivity contribution >= 4 is 35.1 Å². The first kappa shape index (κ1) is 27.4. The van der Waals surface area contributed by atoms with Gasteiger partial charge in [0, 0.05) is 12.1 Å². The Morgan fingerprint density at radius 1 is 0.857 bits per heavy atom. The largest absolute Gasteiger partial charge is 0.462 e. The van der Waals surface area contributed by atoms with Gasteiger partial charge in [0.05, 0.1) is 29.8 Å². The molecule has 0 atom stereocenters. The number of anilines is 2. The predicted molar refractivity (Wildman–Crippen MR) is 120 cm³/mol. The lowest BCUT2D eigenvalue weighted by Gasteiger charge is -2.13. The minimum absolute atomic E-state index is 0.199. The number of nitrogens with one attached hydrogen (secondary N) is 2. The smallest absolute Gasteiger partial charge is 0.418 e. The number of esters is 2. The minimum Gasteiger partial charge on any atom is -0.462 e. The highest BCUT2D eigenvalue weighted by Gasteiger charge is 2.33. The zero-order valence-electron chi connectivity index (χ0n) is 19.1. The zero-order chi connectivity index (χ0) is 26.0. The van der Waals surface area contributed by atoms with E-state index in [0.29, 0.717) is 11.3 Å². The highest BCUT2D eigenvalue weighted by atomic mass is 19.4. The number of carbonyl (C=O) groups is 4. The number of hydrogen-bond acceptors (Lipinski definition) is 6. The van der Waals surface area contributed by atoms with Gasteiger partial charge < -0.3 is 20.1 Å². The van der Waals surface area contributed by atoms with Crippen molar-refractivity contribution in [3.8, 4) is 0 Å². The average molecular weight is 494 g/mol. The van der Waals surface area contributed by atoms with Crippen molar-refractivity contribution in [1.82, 2.24) is 0 Å². The lowest BCUT2D eigenvalue weighted by Crippen LogP contribution is -2.23. The number of ether oxygens (including phenoxy) is 2. The molecule has 8 nitrogen and oxygen atoms in total. The molecule has 0 saturated heterocycles. The van der Waals surface area contributed by atoms with Crippen LogP contribution in [0.25, 0.3) is 0 Å². The van der Waals surface area contributed by atoms with Crippen LogP contribution in [0.4, 0.5) is 24.5 Å². The number of carbonyl (C=O) groups excluding carboxylic acids is 4. The molecule has 2 amide bonds. The Kier molecular flexibility index (Phi) is 9.80. The lowest BCUT2D eigenvalue weighted by molar-refractivity contribution is -0.148. The van der Waals surface area contributed by atoms with Crippen molar-refractivity contribution in [3.05, 3.63) is 59.7 Å². The summed E-state index contributed by atoms with van der Waals surface area (Å²) in [6.45, 7) is 3.31. The molecule has 0 fully saturated rings. The minimum atomic E-state index is -4.66. The van der Waals surface area contributed by atoms with Gasteiger partial charge in [-0.2, -0.15) is 13.2 Å². The van der Waals surface area contributed by atoms with Crippen LogP contribution < -0.4 is 10.6 Å². The van der Waals surface area contributed by atoms with Crippen molar-refractivity contribution in [2.24, 2.45) is 5.92 Å². The lowest BCUT2D eigenvalue weighted by atomic mass is 10.1. The number of hydrogen-bond donors (Lipinski definition) is 2. The van der Waals surface area contributed by atoms with E-state index < -0.39 is 47.8 Å². The monoisotopic (exact) mass is 494 g/mol. The molecule has 188 valence electrons. The number of alkyl halides is 3. The Morgan fingerprint density at radius 3 is 2.14 bits per heavy atom. The molecule has 0 saturated carbocycles. The van der Waals surface area contributed by atoms with E-state index in [1.165, 1.54) is 36.4 Å². The summed E-state index contributed by atoms with van der Waals surface area (Å²) < 4.78 is 48.7. The van der Waals surface area contributed by atoms with E-state index in [2.05, 4.69) is 5.32 Å². The van der Waals surface area contributed by atoms with Crippen molar-refractivity contribution in [2.45, 2.75) is 32.9 Å². The van der Waals surface area contributed by atoms with Crippen LogP contribution in [0.2, 0.25) is 0 Å². The normalized spacial score (nSPS) is 11.0. The highest BCUT2D eigenvalue weighted by molar-refractivity contribution is 5.95. The van der Waals surface area contributed by atoms with Crippen LogP contribution in [-0.4, -0.2) is 37.0 Å². The third-order valence-corrected chi connectivity index (χ3v) is 4.38. The molecule has 2 rings (SSSR count). The maximum Gasteiger partial charge on any atom is 0.418 e. The Hall–Kier alpha value is -3.89. The molecular formula is C24H25F3N2O6. The molecule has 2 aromatic carbocycles. The first-order chi connectivity index (χ1) is 16.5. The van der Waals surface area contributed by atoms with Crippen LogP contribution in [0.3, 0.4) is 0 Å². The van der Waals surface area contributed by atoms with Crippen LogP contribution in [0.5, 0.6) is 0 Å². The van der Waals surface area contributed by atoms with Gasteiger partial charge in [-0.3, -0.25) is 14.4 Å². The van der Waals surface area contributed by atoms with Gasteiger partial charge in [0.1, 0.15) is 0 Å². The predicted octanol–water partition coefficient (Wildman–Crippen LogP) is 4.42. The van der Waals surface area contributed by atoms with E-state index in [9.17, 15) is 32.3 Å². The van der Waals surface area contributed by atoms with Crippen LogP contribution in [0, 0.1) is 5.92 Å². The molecule has 0 spiro atoms. The van der Waals surface area contributed by atoms with Crippen molar-refractivity contribution in [1.29, 1.82) is 0 Å². The number of benzene rings is 2. The third-order valence-electron chi connectivity index (χ3n) is 4.38. The summed E-state index contributed by atoms with van der Waals surface area (Å²) in [6, 6.07) is 10.4. The van der Waals surface area contributed by atoms with Crippen molar-refractivity contribution in [3.63, 3.8) is 0 Å². The van der Waals surface area contributed by atoms with Gasteiger partial charge in [0.2, 0.25) is 5.91 Å². The van der Waals surface area contributed by atoms with Crippen molar-refractivity contribution < 1.29 is 41.8 Å². The molecule has 0 unspecified atom stereocenters. The van der Waals surface area contributed by atoms with Gasteiger partial charge in [-0.05, 0) is 42.3 Å². The average Bonchev–Trinajstić information content (AvgIpc) is 2.80. The Morgan fingerprint density at radius 2 is 1.51 bits per heavy atom. The molecule has 0 radical (unpaired) electrons. The molecular weight excluding hydrogens is 469 g/mol. The van der Waals surface area contributed by atoms with Gasteiger partial charge in [-0.15, -0.1) is 0 Å². The summed E-state index contributed by atoms with van der Waals surface area (Å²) in [5.74, 6) is -2.62. The summed E-state index contributed by atoms with van der Waals surface area (Å²) >= 11 is 0. The summed E-state index contributed by atoms with van der Waals surface area (Å²) in [5.41, 5.74) is -0.772. The Bertz CT molecular complexity index is 1050. The van der Waals surface area contributed by atoms with Crippen LogP contribution >= 0.6 is 0 Å². The number of amides is 2. The Balaban J connectivity index is 1.74. The van der Waals surface area contributed by atoms with E-state index in [0.717, 1.165) is 12.1 Å². The number of rotatable bonds is 10. The third kappa shape index (κ3) is 9.48. The molecule has 2 N–H and O–H groups in total. The molecule has 0 heterocycles. The van der Waals surface area contributed by atoms with E-state index in [-0.39, 0.29) is 25.4 Å². The topological polar surface area (TPSA) is 111 Å². The summed E-state index contributed by atoms with van der Waals surface area (Å²) in [4.78, 5) is 47.6. The molecule has 0 aromatic heterocycles. The SMILES string of the molecule is CC(C)COC(=O)c1ccc(NC(=O)CCC(=O)OCC(=O)Nc2ccccc2C(F)(F)F)cc1. The van der Waals surface area contributed by atoms with Crippen molar-refractivity contribution in [2.75, 3.05) is 23.8 Å². The van der Waals surface area contributed by atoms with Crippen LogP contribution in [0.1, 0.15) is 42.6 Å². The second kappa shape index (κ2) is 12.5. The molecule has 11 heteroatoms. The first-order valence-corrected chi connectivity index (χ1v) is 10.6. The quantitative estimate of drug-likeness (QED) is 0.473. The molecule has 0 aliphatic rings. The standard InChI is InChI=1S/C24H25F3N2O6/c1-15(2)13-35-23(33)16-7-9-17(10-8-16)28-20(30)11-12-22(32)34-14-21(31)29-19-6-4-3-5-18(19)24(25,26)27/h3-10,15H,11-14H2,1-2H3,(H,28,30)(H,29,31). The van der Waals surface area contributed by atoms with E-state index in [1.54, 1.807) is 0 Å². The molecule has 0 aliphatic heterocycles. The second-order valence-electron chi connectivity index (χ2n) is 7.87. The maximum absolute atomic E-state index is 13.0. The first-order valence-electron chi connectivity index (χ1n) is 10.6. The van der Waals surface area contributed by atoms with Gasteiger partial charge >= 0.3 is 18.1 Å². The van der Waals surface area contributed by atoms with Crippen LogP contribution in [0.15, 0.2) is 48.5 Å². The summed E-state index contributed by atoms with van der Waals surface area (Å²) in [5, 5.41) is 4.59. The zero-order valence-corrected chi connectivity index (χ0v) is 19.1. The van der Waals surface area contributed by atoms with E-state index in [1.807, 2.05) is 19.2 Å². The second-order valence-corrected chi connectivity index (χ2v) is 7.87. The van der Waals surface area contributed by atoms with Gasteiger partial charge in [0.15, 0.2) is 6.61 Å². The number of halogens is 3. The fourth-order valence-corrected chi connectivity index (χ4v) is 2.70. The van der Waals surface area contributed by atoms with E-state index >= 15 is 0 Å². The molecule has 0 aliphatic carbocycles. The summed E-state index contributed by atoms with van der Waals surface area (Å²) in [7, 11) is 0. The fraction of sp³-hybridized carbons (Fsp3) is 0.333. The Labute approximate surface area is 199 Å². The molecule has 0 bridgehead atoms. The highest BCUT2D eigenvalue weighted by Crippen LogP contribution is 2.34. The summed E-state index contributed by atoms with van der Waals surface area (Å²) in [6.07, 6.45) is -5.27. The number of para-hydroxylation sites is 1. The van der Waals surface area contributed by atoms with Gasteiger partial charge in [0.25, 0.3) is 5.91 Å². The van der Waals surface area contributed by atoms with Crippen LogP contribution in [-0.2, 0) is 30.0 Å². The fourth-order valence-electron chi connectivity index (χ4n) is 2.70. The van der Waals surface area contributed by atoms with E-state index in [4.69, 9.17) is 9.47 Å². The van der Waals surface area contributed by atoms with Gasteiger partial charge in [-0.1, -0.05) is 26.0 Å². The maximum atomic E-state index is 13.0. The van der Waals surface area contributed by atoms with Gasteiger partial charge in [-0.25, -0.2) is 4.79 Å². The molecule has 35 heavy (non-hydrogen) atoms. The molecule has 2 aromatic rings.